The Morgan fingerprint density at radius 2 is 2.12 bits per heavy atom. The maximum absolute atomic E-state index is 11.9. The molecule has 8 nitrogen and oxygen atoms in total. The molecule has 0 fully saturated rings. The molecular formula is C16H20N4O4. The first-order chi connectivity index (χ1) is 11.5. The summed E-state index contributed by atoms with van der Waals surface area (Å²) in [6.07, 6.45) is 1.80. The number of para-hydroxylation sites is 1. The fraction of sp³-hybridized carbons (Fsp3) is 0.375. The van der Waals surface area contributed by atoms with Crippen molar-refractivity contribution in [3.05, 3.63) is 41.7 Å². The molecule has 0 bridgehead atoms. The van der Waals surface area contributed by atoms with Crippen molar-refractivity contribution in [1.29, 1.82) is 0 Å². The summed E-state index contributed by atoms with van der Waals surface area (Å²) in [5.41, 5.74) is 0.836. The first-order valence-electron chi connectivity index (χ1n) is 7.62. The molecule has 0 saturated heterocycles. The number of ether oxygens (including phenoxy) is 1. The van der Waals surface area contributed by atoms with Gasteiger partial charge in [-0.05, 0) is 25.0 Å². The van der Waals surface area contributed by atoms with Crippen LogP contribution in [-0.4, -0.2) is 44.6 Å². The Hall–Kier alpha value is -2.90. The number of aromatic nitrogens is 3. The third kappa shape index (κ3) is 4.80. The average molecular weight is 332 g/mol. The number of nitrogens with zero attached hydrogens (tertiary/aromatic N) is 3. The van der Waals surface area contributed by atoms with Gasteiger partial charge in [0.05, 0.1) is 12.7 Å². The smallest absolute Gasteiger partial charge is 0.358 e. The summed E-state index contributed by atoms with van der Waals surface area (Å²) in [7, 11) is 0. The summed E-state index contributed by atoms with van der Waals surface area (Å²) in [6, 6.07) is 7.70. The lowest BCUT2D eigenvalue weighted by Gasteiger charge is -2.19. The van der Waals surface area contributed by atoms with Crippen LogP contribution in [0.3, 0.4) is 0 Å². The monoisotopic (exact) mass is 332 g/mol. The molecule has 0 saturated carbocycles. The van der Waals surface area contributed by atoms with Gasteiger partial charge in [-0.3, -0.25) is 4.79 Å². The molecule has 1 unspecified atom stereocenters. The van der Waals surface area contributed by atoms with Crippen LogP contribution < -0.4 is 10.1 Å². The van der Waals surface area contributed by atoms with Crippen LogP contribution >= 0.6 is 0 Å². The molecule has 2 N–H and O–H groups in total. The number of carboxylic acid groups (broad SMARTS) is 1. The van der Waals surface area contributed by atoms with Crippen LogP contribution in [0.2, 0.25) is 0 Å². The van der Waals surface area contributed by atoms with Crippen LogP contribution in [-0.2, 0) is 11.3 Å². The van der Waals surface area contributed by atoms with Gasteiger partial charge in [-0.1, -0.05) is 30.3 Å². The number of nitrogens with one attached hydrogen (secondary N) is 1. The summed E-state index contributed by atoms with van der Waals surface area (Å²) in [6.45, 7) is 4.20. The third-order valence-electron chi connectivity index (χ3n) is 3.43. The molecule has 24 heavy (non-hydrogen) atoms. The lowest BCUT2D eigenvalue weighted by Crippen LogP contribution is -2.37. The van der Waals surface area contributed by atoms with Crippen molar-refractivity contribution in [2.24, 2.45) is 0 Å². The molecule has 0 spiro atoms. The highest BCUT2D eigenvalue weighted by Gasteiger charge is 2.13. The maximum Gasteiger partial charge on any atom is 0.358 e. The van der Waals surface area contributed by atoms with E-state index >= 15 is 0 Å². The number of amides is 1. The van der Waals surface area contributed by atoms with Crippen molar-refractivity contribution < 1.29 is 19.4 Å². The van der Waals surface area contributed by atoms with Gasteiger partial charge in [0, 0.05) is 0 Å². The van der Waals surface area contributed by atoms with Gasteiger partial charge in [-0.15, -0.1) is 5.10 Å². The number of aromatic carboxylic acids is 1. The molecule has 1 heterocycles. The van der Waals surface area contributed by atoms with E-state index in [1.807, 2.05) is 38.1 Å². The lowest BCUT2D eigenvalue weighted by atomic mass is 10.2. The minimum Gasteiger partial charge on any atom is -0.488 e. The van der Waals surface area contributed by atoms with E-state index in [1.54, 1.807) is 0 Å². The Morgan fingerprint density at radius 3 is 2.75 bits per heavy atom. The highest BCUT2D eigenvalue weighted by molar-refractivity contribution is 5.84. The number of aryl methyl sites for hydroxylation is 1. The number of carboxylic acids is 1. The second-order valence-corrected chi connectivity index (χ2v) is 5.32. The molecule has 0 aliphatic heterocycles. The molecule has 2 aromatic rings. The van der Waals surface area contributed by atoms with Crippen molar-refractivity contribution >= 4 is 11.9 Å². The van der Waals surface area contributed by atoms with Crippen molar-refractivity contribution in [2.75, 3.05) is 6.54 Å². The second kappa shape index (κ2) is 8.09. The standard InChI is InChI=1S/C16H20N4O4/c1-3-12(24-14-7-5-4-6-11(14)2)8-17-15(21)10-20-9-13(16(22)23)18-19-20/h4-7,9,12H,3,8,10H2,1-2H3,(H,17,21)(H,22,23). The zero-order valence-corrected chi connectivity index (χ0v) is 13.6. The van der Waals surface area contributed by atoms with Crippen LogP contribution in [0.25, 0.3) is 0 Å². The van der Waals surface area contributed by atoms with Crippen LogP contribution in [0.1, 0.15) is 29.4 Å². The zero-order valence-electron chi connectivity index (χ0n) is 13.6. The quantitative estimate of drug-likeness (QED) is 0.754. The van der Waals surface area contributed by atoms with Crippen LogP contribution in [0.5, 0.6) is 5.75 Å². The zero-order chi connectivity index (χ0) is 17.5. The predicted octanol–water partition coefficient (Wildman–Crippen LogP) is 1.26. The van der Waals surface area contributed by atoms with Gasteiger partial charge in [0.2, 0.25) is 5.91 Å². The fourth-order valence-corrected chi connectivity index (χ4v) is 2.04. The number of rotatable bonds is 8. The average Bonchev–Trinajstić information content (AvgIpc) is 3.02. The Bertz CT molecular complexity index is 714. The predicted molar refractivity (Wildman–Crippen MR) is 85.9 cm³/mol. The molecule has 0 radical (unpaired) electrons. The maximum atomic E-state index is 11.9. The Morgan fingerprint density at radius 1 is 1.38 bits per heavy atom. The molecule has 0 aliphatic carbocycles. The first-order valence-corrected chi connectivity index (χ1v) is 7.62. The molecular weight excluding hydrogens is 312 g/mol. The van der Waals surface area contributed by atoms with E-state index < -0.39 is 5.97 Å². The fourth-order valence-electron chi connectivity index (χ4n) is 2.04. The summed E-state index contributed by atoms with van der Waals surface area (Å²) < 4.78 is 7.09. The van der Waals surface area contributed by atoms with Gasteiger partial charge in [0.15, 0.2) is 5.69 Å². The SMILES string of the molecule is CCC(CNC(=O)Cn1cc(C(=O)O)nn1)Oc1ccccc1C. The molecule has 1 aromatic carbocycles. The number of benzene rings is 1. The van der Waals surface area contributed by atoms with E-state index in [2.05, 4.69) is 15.6 Å². The molecule has 1 atom stereocenters. The van der Waals surface area contributed by atoms with Crippen LogP contribution in [0, 0.1) is 6.92 Å². The van der Waals surface area contributed by atoms with Gasteiger partial charge in [0.25, 0.3) is 0 Å². The summed E-state index contributed by atoms with van der Waals surface area (Å²) in [5, 5.41) is 18.6. The lowest BCUT2D eigenvalue weighted by molar-refractivity contribution is -0.122. The van der Waals surface area contributed by atoms with Gasteiger partial charge in [-0.2, -0.15) is 0 Å². The minimum atomic E-state index is -1.18. The van der Waals surface area contributed by atoms with Gasteiger partial charge >= 0.3 is 5.97 Å². The number of carbonyl (C=O) groups is 2. The molecule has 8 heteroatoms. The van der Waals surface area contributed by atoms with E-state index in [-0.39, 0.29) is 24.2 Å². The Labute approximate surface area is 139 Å². The number of hydrogen-bond acceptors (Lipinski definition) is 5. The summed E-state index contributed by atoms with van der Waals surface area (Å²) in [4.78, 5) is 22.7. The second-order valence-electron chi connectivity index (χ2n) is 5.32. The topological polar surface area (TPSA) is 106 Å². The first kappa shape index (κ1) is 17.5. The van der Waals surface area contributed by atoms with E-state index in [0.29, 0.717) is 6.54 Å². The summed E-state index contributed by atoms with van der Waals surface area (Å²) in [5.74, 6) is -0.677. The van der Waals surface area contributed by atoms with Crippen molar-refractivity contribution in [3.8, 4) is 5.75 Å². The normalized spacial score (nSPS) is 11.8. The minimum absolute atomic E-state index is 0.0962. The van der Waals surface area contributed by atoms with E-state index in [9.17, 15) is 9.59 Å². The van der Waals surface area contributed by atoms with Crippen molar-refractivity contribution in [3.63, 3.8) is 0 Å². The van der Waals surface area contributed by atoms with E-state index in [4.69, 9.17) is 9.84 Å². The number of carbonyl (C=O) groups excluding carboxylic acids is 1. The molecule has 0 aliphatic rings. The van der Waals surface area contributed by atoms with Gasteiger partial charge in [-0.25, -0.2) is 9.48 Å². The van der Waals surface area contributed by atoms with Crippen molar-refractivity contribution in [2.45, 2.75) is 32.9 Å². The third-order valence-corrected chi connectivity index (χ3v) is 3.43. The highest BCUT2D eigenvalue weighted by atomic mass is 16.5. The van der Waals surface area contributed by atoms with Crippen molar-refractivity contribution in [1.82, 2.24) is 20.3 Å². The summed E-state index contributed by atoms with van der Waals surface area (Å²) >= 11 is 0. The molecule has 128 valence electrons. The Balaban J connectivity index is 1.84. The van der Waals surface area contributed by atoms with E-state index in [1.165, 1.54) is 10.9 Å². The van der Waals surface area contributed by atoms with Crippen LogP contribution in [0.4, 0.5) is 0 Å². The largest absolute Gasteiger partial charge is 0.488 e. The molecule has 2 rings (SSSR count). The molecule has 1 amide bonds. The number of hydrogen-bond donors (Lipinski definition) is 2. The highest BCUT2D eigenvalue weighted by Crippen LogP contribution is 2.18. The van der Waals surface area contributed by atoms with Gasteiger partial charge in [0.1, 0.15) is 18.4 Å². The Kier molecular flexibility index (Phi) is 5.89. The van der Waals surface area contributed by atoms with E-state index in [0.717, 1.165) is 17.7 Å². The van der Waals surface area contributed by atoms with Gasteiger partial charge < -0.3 is 15.2 Å². The molecule has 1 aromatic heterocycles. The van der Waals surface area contributed by atoms with Crippen LogP contribution in [0.15, 0.2) is 30.5 Å².